The van der Waals surface area contributed by atoms with Gasteiger partial charge in [0, 0.05) is 11.4 Å². The van der Waals surface area contributed by atoms with Gasteiger partial charge >= 0.3 is 24.0 Å². The summed E-state index contributed by atoms with van der Waals surface area (Å²) in [6, 6.07) is 13.2. The number of carbonyl (C=O) groups is 1. The molecule has 0 radical (unpaired) electrons. The Kier molecular flexibility index (Phi) is 7.17. The molecule has 3 aromatic rings. The number of aryl methyl sites for hydroxylation is 1. The number of nitrogens with one attached hydrogen (secondary N) is 1. The second-order valence-corrected chi connectivity index (χ2v) is 5.73. The number of hydrogen-bond acceptors (Lipinski definition) is 7. The number of carboxylic acid groups (broad SMARTS) is 1. The van der Waals surface area contributed by atoms with Crippen molar-refractivity contribution in [3.8, 4) is 11.8 Å². The molecule has 160 valence electrons. The summed E-state index contributed by atoms with van der Waals surface area (Å²) < 4.78 is 42.5. The van der Waals surface area contributed by atoms with Crippen molar-refractivity contribution in [3.63, 3.8) is 0 Å². The monoisotopic (exact) mass is 426 g/mol. The number of aromatic nitrogens is 3. The van der Waals surface area contributed by atoms with Crippen LogP contribution in [0.5, 0.6) is 6.08 Å². The number of carboxylic acids is 1. The molecule has 0 bridgehead atoms. The molecule has 2 aromatic heterocycles. The highest BCUT2D eigenvalue weighted by atomic mass is 19.4. The van der Waals surface area contributed by atoms with Gasteiger partial charge < -0.3 is 19.6 Å². The fraction of sp³-hybridized carbons (Fsp3) is 0.222. The minimum absolute atomic E-state index is 0.0719. The van der Waals surface area contributed by atoms with Gasteiger partial charge in [-0.1, -0.05) is 17.2 Å². The number of ether oxygens (including phenoxy) is 1. The first-order valence-corrected chi connectivity index (χ1v) is 8.31. The van der Waals surface area contributed by atoms with Gasteiger partial charge in [0.1, 0.15) is 0 Å². The maximum atomic E-state index is 11.8. The van der Waals surface area contributed by atoms with Gasteiger partial charge in [0.05, 0.1) is 25.0 Å². The van der Waals surface area contributed by atoms with Crippen molar-refractivity contribution in [2.24, 2.45) is 0 Å². The summed E-state index contributed by atoms with van der Waals surface area (Å²) in [4.78, 5) is 25.1. The topological polar surface area (TPSA) is 119 Å². The largest absolute Gasteiger partial charge is 0.490 e. The second-order valence-electron chi connectivity index (χ2n) is 5.73. The lowest BCUT2D eigenvalue weighted by Crippen LogP contribution is -2.21. The molecule has 1 aromatic carbocycles. The molecule has 0 amide bonds. The summed E-state index contributed by atoms with van der Waals surface area (Å²) >= 11 is 0. The van der Waals surface area contributed by atoms with Crippen molar-refractivity contribution in [1.82, 2.24) is 14.8 Å². The van der Waals surface area contributed by atoms with E-state index in [-0.39, 0.29) is 6.08 Å². The van der Waals surface area contributed by atoms with Gasteiger partial charge in [-0.25, -0.2) is 9.59 Å². The first kappa shape index (κ1) is 22.5. The summed E-state index contributed by atoms with van der Waals surface area (Å²) in [7, 11) is 1.39. The van der Waals surface area contributed by atoms with Crippen molar-refractivity contribution < 1.29 is 32.2 Å². The molecule has 0 aliphatic carbocycles. The first-order chi connectivity index (χ1) is 14.1. The van der Waals surface area contributed by atoms with E-state index in [4.69, 9.17) is 19.1 Å². The Bertz CT molecular complexity index is 1060. The van der Waals surface area contributed by atoms with Crippen LogP contribution >= 0.6 is 0 Å². The van der Waals surface area contributed by atoms with Gasteiger partial charge in [-0.3, -0.25) is 4.98 Å². The van der Waals surface area contributed by atoms with E-state index in [2.05, 4.69) is 15.4 Å². The van der Waals surface area contributed by atoms with Crippen molar-refractivity contribution in [3.05, 3.63) is 64.4 Å². The van der Waals surface area contributed by atoms with Gasteiger partial charge in [-0.15, -0.1) is 0 Å². The Balaban J connectivity index is 0.000000396. The highest BCUT2D eigenvalue weighted by Crippen LogP contribution is 2.15. The summed E-state index contributed by atoms with van der Waals surface area (Å²) in [5, 5.41) is 14.3. The number of nitrogens with zero attached hydrogens (tertiary/aromatic N) is 3. The van der Waals surface area contributed by atoms with Crippen molar-refractivity contribution in [1.29, 1.82) is 0 Å². The lowest BCUT2D eigenvalue weighted by atomic mass is 10.2. The number of hydrogen-bond donors (Lipinski definition) is 2. The van der Waals surface area contributed by atoms with Crippen LogP contribution in [0.15, 0.2) is 51.7 Å². The maximum Gasteiger partial charge on any atom is 0.490 e. The molecule has 3 rings (SSSR count). The van der Waals surface area contributed by atoms with Crippen molar-refractivity contribution >= 4 is 11.7 Å². The Morgan fingerprint density at radius 2 is 1.93 bits per heavy atom. The number of aliphatic carboxylic acids is 1. The third kappa shape index (κ3) is 6.36. The lowest BCUT2D eigenvalue weighted by molar-refractivity contribution is -0.192. The molecule has 0 unspecified atom stereocenters. The first-order valence-electron chi connectivity index (χ1n) is 8.31. The lowest BCUT2D eigenvalue weighted by Gasteiger charge is -2.08. The number of benzene rings is 1. The minimum atomic E-state index is -5.08. The zero-order valence-electron chi connectivity index (χ0n) is 15.8. The number of halogens is 3. The van der Waals surface area contributed by atoms with Crippen LogP contribution in [0.2, 0.25) is 0 Å². The van der Waals surface area contributed by atoms with E-state index in [1.165, 1.54) is 7.11 Å². The zero-order valence-corrected chi connectivity index (χ0v) is 15.8. The van der Waals surface area contributed by atoms with E-state index in [9.17, 15) is 18.0 Å². The standard InChI is InChI=1S/C16H16N4O3.C2HF3O2/c1-11-5-3-7-13(18-11)10-17-12-6-4-8-14(9-12)20-16(21)23-15(19-20)22-2;3-2(4,5)1(6)7/h3-9,17H,10H2,1-2H3;(H,6,7). The van der Waals surface area contributed by atoms with Crippen LogP contribution < -0.4 is 15.8 Å². The van der Waals surface area contributed by atoms with Crippen LogP contribution in [0.3, 0.4) is 0 Å². The molecule has 12 heteroatoms. The molecule has 9 nitrogen and oxygen atoms in total. The predicted molar refractivity (Wildman–Crippen MR) is 98.6 cm³/mol. The maximum absolute atomic E-state index is 11.8. The molecule has 0 aliphatic heterocycles. The average Bonchev–Trinajstić information content (AvgIpc) is 3.07. The minimum Gasteiger partial charge on any atom is -0.475 e. The summed E-state index contributed by atoms with van der Waals surface area (Å²) in [6.07, 6.45) is -5.16. The summed E-state index contributed by atoms with van der Waals surface area (Å²) in [6.45, 7) is 2.54. The van der Waals surface area contributed by atoms with Crippen molar-refractivity contribution in [2.45, 2.75) is 19.6 Å². The molecule has 0 fully saturated rings. The Morgan fingerprint density at radius 1 is 1.27 bits per heavy atom. The van der Waals surface area contributed by atoms with Crippen LogP contribution in [0, 0.1) is 6.92 Å². The Labute approximate surface area is 167 Å². The summed E-state index contributed by atoms with van der Waals surface area (Å²) in [5.74, 6) is -3.35. The zero-order chi connectivity index (χ0) is 22.3. The molecule has 0 aliphatic rings. The Hall–Kier alpha value is -3.83. The quantitative estimate of drug-likeness (QED) is 0.639. The fourth-order valence-corrected chi connectivity index (χ4v) is 2.14. The molecule has 30 heavy (non-hydrogen) atoms. The molecular formula is C18H17F3N4O5. The third-order valence-corrected chi connectivity index (χ3v) is 3.46. The van der Waals surface area contributed by atoms with Gasteiger partial charge in [-0.05, 0) is 37.3 Å². The predicted octanol–water partition coefficient (Wildman–Crippen LogP) is 2.78. The number of alkyl halides is 3. The number of methoxy groups -OCH3 is 1. The van der Waals surface area contributed by atoms with Crippen LogP contribution in [-0.4, -0.2) is 39.1 Å². The van der Waals surface area contributed by atoms with Crippen LogP contribution in [0.4, 0.5) is 18.9 Å². The highest BCUT2D eigenvalue weighted by Gasteiger charge is 2.38. The molecule has 0 saturated carbocycles. The van der Waals surface area contributed by atoms with E-state index in [0.29, 0.717) is 12.2 Å². The SMILES string of the molecule is COc1nn(-c2cccc(NCc3cccc(C)n3)c2)c(=O)o1.O=C(O)C(F)(F)F. The highest BCUT2D eigenvalue weighted by molar-refractivity contribution is 5.73. The number of rotatable bonds is 5. The van der Waals surface area contributed by atoms with E-state index >= 15 is 0 Å². The van der Waals surface area contributed by atoms with Crippen LogP contribution in [0.25, 0.3) is 5.69 Å². The molecule has 0 saturated heterocycles. The summed E-state index contributed by atoms with van der Waals surface area (Å²) in [5.41, 5.74) is 3.35. The normalized spacial score (nSPS) is 10.7. The fourth-order valence-electron chi connectivity index (χ4n) is 2.14. The van der Waals surface area contributed by atoms with E-state index in [0.717, 1.165) is 21.8 Å². The smallest absolute Gasteiger partial charge is 0.475 e. The van der Waals surface area contributed by atoms with E-state index in [1.807, 2.05) is 37.3 Å². The molecule has 2 N–H and O–H groups in total. The van der Waals surface area contributed by atoms with Crippen molar-refractivity contribution in [2.75, 3.05) is 12.4 Å². The molecule has 0 atom stereocenters. The van der Waals surface area contributed by atoms with Crippen LogP contribution in [0.1, 0.15) is 11.4 Å². The molecule has 0 spiro atoms. The number of pyridine rings is 1. The third-order valence-electron chi connectivity index (χ3n) is 3.46. The Morgan fingerprint density at radius 3 is 2.50 bits per heavy atom. The van der Waals surface area contributed by atoms with Gasteiger partial charge in [0.25, 0.3) is 0 Å². The van der Waals surface area contributed by atoms with E-state index in [1.54, 1.807) is 12.1 Å². The second kappa shape index (κ2) is 9.58. The molecular weight excluding hydrogens is 409 g/mol. The molecule has 2 heterocycles. The van der Waals surface area contributed by atoms with Crippen LogP contribution in [-0.2, 0) is 11.3 Å². The average molecular weight is 426 g/mol. The van der Waals surface area contributed by atoms with E-state index < -0.39 is 17.9 Å². The van der Waals surface area contributed by atoms with Gasteiger partial charge in [0.15, 0.2) is 0 Å². The number of anilines is 1. The van der Waals surface area contributed by atoms with Gasteiger partial charge in [-0.2, -0.15) is 17.9 Å². The van der Waals surface area contributed by atoms with Gasteiger partial charge in [0.2, 0.25) is 0 Å².